The molecule has 0 saturated carbocycles. The molecule has 64 valence electrons. The quantitative estimate of drug-likeness (QED) is 0.598. The summed E-state index contributed by atoms with van der Waals surface area (Å²) in [5, 5.41) is 0. The van der Waals surface area contributed by atoms with E-state index in [1.54, 1.807) is 11.8 Å². The van der Waals surface area contributed by atoms with Gasteiger partial charge < -0.3 is 0 Å². The van der Waals surface area contributed by atoms with E-state index >= 15 is 0 Å². The molecule has 0 rings (SSSR count). The number of allylic oxidation sites excluding steroid dienone is 3. The van der Waals surface area contributed by atoms with Crippen molar-refractivity contribution in [3.63, 3.8) is 0 Å². The molecule has 0 fully saturated rings. The van der Waals surface area contributed by atoms with E-state index in [0.717, 1.165) is 4.91 Å². The number of thioether (sulfide) groups is 1. The van der Waals surface area contributed by atoms with E-state index in [2.05, 4.69) is 40.3 Å². The molecule has 0 atom stereocenters. The largest absolute Gasteiger partial charge is 0.0997 e. The Hall–Kier alpha value is -0.170. The normalized spacial score (nSPS) is 13.4. The van der Waals surface area contributed by atoms with Gasteiger partial charge in [0.05, 0.1) is 0 Å². The third-order valence-corrected chi connectivity index (χ3v) is 2.70. The van der Waals surface area contributed by atoms with Crippen molar-refractivity contribution < 1.29 is 0 Å². The van der Waals surface area contributed by atoms with Crippen LogP contribution in [0.1, 0.15) is 34.6 Å². The van der Waals surface area contributed by atoms with Crippen molar-refractivity contribution in [1.29, 1.82) is 0 Å². The third kappa shape index (κ3) is 4.31. The van der Waals surface area contributed by atoms with Crippen LogP contribution in [0.4, 0.5) is 0 Å². The summed E-state index contributed by atoms with van der Waals surface area (Å²) in [5.74, 6) is 0. The van der Waals surface area contributed by atoms with Gasteiger partial charge in [-0.1, -0.05) is 45.2 Å². The maximum atomic E-state index is 3.88. The van der Waals surface area contributed by atoms with Crippen LogP contribution in [0.3, 0.4) is 0 Å². The first-order valence-electron chi connectivity index (χ1n) is 3.88. The molecule has 0 unspecified atom stereocenters. The van der Waals surface area contributed by atoms with Crippen LogP contribution in [-0.4, -0.2) is 0 Å². The molecular formula is C10H18S. The Morgan fingerprint density at radius 3 is 1.91 bits per heavy atom. The zero-order valence-electron chi connectivity index (χ0n) is 8.19. The maximum Gasteiger partial charge on any atom is -0.00719 e. The van der Waals surface area contributed by atoms with Crippen LogP contribution >= 0.6 is 11.8 Å². The summed E-state index contributed by atoms with van der Waals surface area (Å²) in [7, 11) is 0. The predicted molar refractivity (Wildman–Crippen MR) is 55.6 cm³/mol. The smallest absolute Gasteiger partial charge is 0.00719 e. The standard InChI is InChI=1S/C10H18S/c1-7-9(10(4,5)6)11-8(2)3/h7H,2H2,1,3-6H3/b9-7-. The van der Waals surface area contributed by atoms with Gasteiger partial charge in [0, 0.05) is 0 Å². The third-order valence-electron chi connectivity index (χ3n) is 1.29. The molecule has 1 heteroatoms. The second-order valence-corrected chi connectivity index (χ2v) is 5.05. The molecule has 0 N–H and O–H groups in total. The van der Waals surface area contributed by atoms with E-state index in [1.807, 2.05) is 6.92 Å². The van der Waals surface area contributed by atoms with Crippen LogP contribution in [0.5, 0.6) is 0 Å². The van der Waals surface area contributed by atoms with Crippen molar-refractivity contribution in [3.8, 4) is 0 Å². The molecule has 0 aliphatic heterocycles. The zero-order chi connectivity index (χ0) is 9.07. The van der Waals surface area contributed by atoms with E-state index in [1.165, 1.54) is 4.91 Å². The summed E-state index contributed by atoms with van der Waals surface area (Å²) in [6.45, 7) is 14.7. The van der Waals surface area contributed by atoms with Gasteiger partial charge in [0.15, 0.2) is 0 Å². The average molecular weight is 170 g/mol. The second kappa shape index (κ2) is 4.01. The van der Waals surface area contributed by atoms with Crippen molar-refractivity contribution in [3.05, 3.63) is 22.5 Å². The van der Waals surface area contributed by atoms with Crippen molar-refractivity contribution in [2.24, 2.45) is 5.41 Å². The van der Waals surface area contributed by atoms with E-state index in [4.69, 9.17) is 0 Å². The molecule has 0 aromatic carbocycles. The zero-order valence-corrected chi connectivity index (χ0v) is 9.01. The highest BCUT2D eigenvalue weighted by molar-refractivity contribution is 8.06. The molecule has 0 saturated heterocycles. The van der Waals surface area contributed by atoms with Gasteiger partial charge in [-0.3, -0.25) is 0 Å². The van der Waals surface area contributed by atoms with Gasteiger partial charge in [-0.2, -0.15) is 0 Å². The van der Waals surface area contributed by atoms with E-state index in [9.17, 15) is 0 Å². The Balaban J connectivity index is 4.33. The van der Waals surface area contributed by atoms with Crippen LogP contribution in [-0.2, 0) is 0 Å². The molecular weight excluding hydrogens is 152 g/mol. The Labute approximate surface area is 74.8 Å². The first kappa shape index (κ1) is 10.8. The molecule has 0 aromatic heterocycles. The highest BCUT2D eigenvalue weighted by atomic mass is 32.2. The summed E-state index contributed by atoms with van der Waals surface area (Å²) in [6.07, 6.45) is 2.17. The topological polar surface area (TPSA) is 0 Å². The fourth-order valence-electron chi connectivity index (χ4n) is 0.833. The SMILES string of the molecule is C=C(C)S/C(=C\C)C(C)(C)C. The minimum Gasteiger partial charge on any atom is -0.0997 e. The van der Waals surface area contributed by atoms with E-state index in [-0.39, 0.29) is 5.41 Å². The maximum absolute atomic E-state index is 3.88. The van der Waals surface area contributed by atoms with Crippen LogP contribution in [0, 0.1) is 5.41 Å². The molecule has 11 heavy (non-hydrogen) atoms. The summed E-state index contributed by atoms with van der Waals surface area (Å²) in [4.78, 5) is 2.55. The minimum absolute atomic E-state index is 0.262. The number of rotatable bonds is 2. The number of hydrogen-bond donors (Lipinski definition) is 0. The van der Waals surface area contributed by atoms with E-state index in [0.29, 0.717) is 0 Å². The second-order valence-electron chi connectivity index (χ2n) is 3.71. The van der Waals surface area contributed by atoms with E-state index < -0.39 is 0 Å². The molecule has 0 heterocycles. The highest BCUT2D eigenvalue weighted by Crippen LogP contribution is 2.37. The Kier molecular flexibility index (Phi) is 3.95. The highest BCUT2D eigenvalue weighted by Gasteiger charge is 2.16. The van der Waals surface area contributed by atoms with Gasteiger partial charge >= 0.3 is 0 Å². The van der Waals surface area contributed by atoms with Crippen LogP contribution < -0.4 is 0 Å². The Bertz CT molecular complexity index is 170. The van der Waals surface area contributed by atoms with Crippen molar-refractivity contribution in [1.82, 2.24) is 0 Å². The Morgan fingerprint density at radius 2 is 1.82 bits per heavy atom. The molecule has 0 nitrogen and oxygen atoms in total. The van der Waals surface area contributed by atoms with Gasteiger partial charge in [-0.25, -0.2) is 0 Å². The van der Waals surface area contributed by atoms with Gasteiger partial charge in [-0.15, -0.1) is 0 Å². The predicted octanol–water partition coefficient (Wildman–Crippen LogP) is 4.20. The first-order chi connectivity index (χ1) is 4.88. The monoisotopic (exact) mass is 170 g/mol. The fourth-order valence-corrected chi connectivity index (χ4v) is 1.63. The molecule has 0 aromatic rings. The lowest BCUT2D eigenvalue weighted by Crippen LogP contribution is -2.06. The molecule has 0 aliphatic rings. The van der Waals surface area contributed by atoms with Gasteiger partial charge in [0.2, 0.25) is 0 Å². The molecule has 0 bridgehead atoms. The van der Waals surface area contributed by atoms with Gasteiger partial charge in [0.1, 0.15) is 0 Å². The lowest BCUT2D eigenvalue weighted by Gasteiger charge is -2.21. The fraction of sp³-hybridized carbons (Fsp3) is 0.600. The summed E-state index contributed by atoms with van der Waals surface area (Å²) in [6, 6.07) is 0. The molecule has 0 amide bonds. The first-order valence-corrected chi connectivity index (χ1v) is 4.69. The summed E-state index contributed by atoms with van der Waals surface area (Å²) in [5.41, 5.74) is 0.262. The Morgan fingerprint density at radius 1 is 1.36 bits per heavy atom. The van der Waals surface area contributed by atoms with Crippen LogP contribution in [0.15, 0.2) is 22.5 Å². The van der Waals surface area contributed by atoms with Crippen LogP contribution in [0.2, 0.25) is 0 Å². The lowest BCUT2D eigenvalue weighted by molar-refractivity contribution is 0.533. The van der Waals surface area contributed by atoms with Crippen molar-refractivity contribution in [2.75, 3.05) is 0 Å². The molecule has 0 spiro atoms. The van der Waals surface area contributed by atoms with Crippen molar-refractivity contribution >= 4 is 11.8 Å². The summed E-state index contributed by atoms with van der Waals surface area (Å²) < 4.78 is 0. The van der Waals surface area contributed by atoms with Gasteiger partial charge in [-0.05, 0) is 29.1 Å². The average Bonchev–Trinajstić information content (AvgIpc) is 1.79. The number of hydrogen-bond acceptors (Lipinski definition) is 1. The van der Waals surface area contributed by atoms with Crippen molar-refractivity contribution in [2.45, 2.75) is 34.6 Å². The van der Waals surface area contributed by atoms with Crippen LogP contribution in [0.25, 0.3) is 0 Å². The summed E-state index contributed by atoms with van der Waals surface area (Å²) >= 11 is 1.77. The molecule has 0 radical (unpaired) electrons. The van der Waals surface area contributed by atoms with Gasteiger partial charge in [0.25, 0.3) is 0 Å². The molecule has 0 aliphatic carbocycles. The minimum atomic E-state index is 0.262. The lowest BCUT2D eigenvalue weighted by atomic mass is 9.96.